The maximum absolute atomic E-state index is 13.8. The predicted molar refractivity (Wildman–Crippen MR) is 73.4 cm³/mol. The molecule has 1 aromatic heterocycles. The van der Waals surface area contributed by atoms with Crippen molar-refractivity contribution in [2.45, 2.75) is 11.8 Å². The highest BCUT2D eigenvalue weighted by molar-refractivity contribution is 6.09. The number of carbonyl (C=O) groups is 1. The molecule has 0 radical (unpaired) electrons. The molecule has 0 atom stereocenters. The van der Waals surface area contributed by atoms with Gasteiger partial charge in [0.05, 0.1) is 5.56 Å². The zero-order valence-electron chi connectivity index (χ0n) is 12.1. The van der Waals surface area contributed by atoms with Crippen molar-refractivity contribution in [1.29, 1.82) is 10.5 Å². The van der Waals surface area contributed by atoms with Gasteiger partial charge in [-0.25, -0.2) is 4.98 Å². The Morgan fingerprint density at radius 3 is 2.36 bits per heavy atom. The quantitative estimate of drug-likeness (QED) is 0.776. The van der Waals surface area contributed by atoms with Crippen LogP contribution in [0.25, 0.3) is 0 Å². The highest BCUT2D eigenvalue weighted by Crippen LogP contribution is 2.53. The van der Waals surface area contributed by atoms with Gasteiger partial charge in [-0.1, -0.05) is 6.07 Å². The summed E-state index contributed by atoms with van der Waals surface area (Å²) in [7, 11) is 0. The molecule has 0 amide bonds. The first-order valence-electron chi connectivity index (χ1n) is 6.67. The van der Waals surface area contributed by atoms with E-state index in [1.807, 2.05) is 0 Å². The molecule has 3 rings (SSSR count). The maximum Gasteiger partial charge on any atom is 0.376 e. The molecule has 1 aliphatic rings. The fourth-order valence-electron chi connectivity index (χ4n) is 2.39. The third kappa shape index (κ3) is 2.21. The monoisotopic (exact) mass is 347 g/mol. The Morgan fingerprint density at radius 2 is 1.72 bits per heavy atom. The van der Waals surface area contributed by atoms with E-state index >= 15 is 0 Å². The molecule has 0 fully saturated rings. The molecule has 0 unspecified atom stereocenters. The molecule has 2 aromatic rings. The van der Waals surface area contributed by atoms with E-state index in [4.69, 9.17) is 10.00 Å². The van der Waals surface area contributed by atoms with Gasteiger partial charge in [0.1, 0.15) is 29.1 Å². The number of ether oxygens (including phenoxy) is 1. The van der Waals surface area contributed by atoms with Crippen molar-refractivity contribution < 1.29 is 27.1 Å². The molecule has 0 saturated heterocycles. The van der Waals surface area contributed by atoms with Crippen LogP contribution >= 0.6 is 0 Å². The number of carbonyl (C=O) groups excluding carboxylic acids is 1. The smallest absolute Gasteiger partial charge is 0.376 e. The summed E-state index contributed by atoms with van der Waals surface area (Å²) < 4.78 is 59.9. The number of nitrogens with zero attached hydrogens (tertiary/aromatic N) is 3. The summed E-state index contributed by atoms with van der Waals surface area (Å²) in [5.41, 5.74) is -3.08. The van der Waals surface area contributed by atoms with Crippen LogP contribution in [0.5, 0.6) is 11.6 Å². The van der Waals surface area contributed by atoms with Crippen molar-refractivity contribution >= 4 is 5.78 Å². The molecule has 0 spiro atoms. The Kier molecular flexibility index (Phi) is 3.46. The summed E-state index contributed by atoms with van der Waals surface area (Å²) in [4.78, 5) is 15.5. The Hall–Kier alpha value is -3.46. The van der Waals surface area contributed by atoms with Gasteiger partial charge in [0.15, 0.2) is 0 Å². The van der Waals surface area contributed by atoms with E-state index in [1.165, 1.54) is 24.3 Å². The van der Waals surface area contributed by atoms with Crippen molar-refractivity contribution in [3.05, 3.63) is 52.7 Å². The molecule has 0 aliphatic heterocycles. The van der Waals surface area contributed by atoms with E-state index in [-0.39, 0.29) is 11.6 Å². The van der Waals surface area contributed by atoms with E-state index in [0.717, 1.165) is 6.07 Å². The van der Waals surface area contributed by atoms with E-state index in [2.05, 4.69) is 4.98 Å². The minimum absolute atomic E-state index is 0.0219. The largest absolute Gasteiger partial charge is 0.438 e. The predicted octanol–water partition coefficient (Wildman–Crippen LogP) is 3.54. The van der Waals surface area contributed by atoms with Crippen LogP contribution in [-0.2, 0) is 5.92 Å². The third-order valence-electron chi connectivity index (χ3n) is 3.58. The number of hydrogen-bond donors (Lipinski definition) is 0. The van der Waals surface area contributed by atoms with Crippen molar-refractivity contribution in [2.24, 2.45) is 0 Å². The number of ketones is 1. The standard InChI is InChI=1S/C16H5F4N3O2/c17-15(18)10-4-5-11(25-12-3-1-2-8(6-21)23-12)9(7-22)13(10)14(24)16(15,19)20/h1-5H. The lowest BCUT2D eigenvalue weighted by molar-refractivity contribution is -0.176. The Balaban J connectivity index is 2.15. The molecule has 5 nitrogen and oxygen atoms in total. The maximum atomic E-state index is 13.8. The fraction of sp³-hybridized carbons (Fsp3) is 0.125. The number of halogens is 4. The van der Waals surface area contributed by atoms with Crippen LogP contribution in [-0.4, -0.2) is 16.7 Å². The van der Waals surface area contributed by atoms with Gasteiger partial charge in [-0.05, 0) is 18.2 Å². The van der Waals surface area contributed by atoms with Gasteiger partial charge in [-0.3, -0.25) is 4.79 Å². The lowest BCUT2D eigenvalue weighted by Gasteiger charge is -2.17. The second-order valence-corrected chi connectivity index (χ2v) is 5.03. The number of alkyl halides is 4. The molecule has 124 valence electrons. The molecular formula is C16H5F4N3O2. The molecule has 1 aliphatic carbocycles. The van der Waals surface area contributed by atoms with Crippen LogP contribution in [0.3, 0.4) is 0 Å². The minimum Gasteiger partial charge on any atom is -0.438 e. The lowest BCUT2D eigenvalue weighted by Crippen LogP contribution is -2.38. The van der Waals surface area contributed by atoms with Crippen LogP contribution in [0.1, 0.15) is 27.2 Å². The van der Waals surface area contributed by atoms with E-state index < -0.39 is 40.1 Å². The highest BCUT2D eigenvalue weighted by Gasteiger charge is 2.69. The first kappa shape index (κ1) is 16.4. The van der Waals surface area contributed by atoms with Crippen LogP contribution in [0.2, 0.25) is 0 Å². The van der Waals surface area contributed by atoms with Gasteiger partial charge in [0.2, 0.25) is 11.7 Å². The topological polar surface area (TPSA) is 86.8 Å². The highest BCUT2D eigenvalue weighted by atomic mass is 19.3. The Bertz CT molecular complexity index is 990. The zero-order valence-corrected chi connectivity index (χ0v) is 12.1. The molecular weight excluding hydrogens is 342 g/mol. The zero-order chi connectivity index (χ0) is 18.4. The van der Waals surface area contributed by atoms with Crippen LogP contribution in [0, 0.1) is 22.7 Å². The molecule has 25 heavy (non-hydrogen) atoms. The summed E-state index contributed by atoms with van der Waals surface area (Å²) in [6.45, 7) is 0. The summed E-state index contributed by atoms with van der Waals surface area (Å²) >= 11 is 0. The number of fused-ring (bicyclic) bond motifs is 1. The van der Waals surface area contributed by atoms with Crippen molar-refractivity contribution in [3.63, 3.8) is 0 Å². The second-order valence-electron chi connectivity index (χ2n) is 5.03. The molecule has 0 N–H and O–H groups in total. The van der Waals surface area contributed by atoms with E-state index in [0.29, 0.717) is 6.07 Å². The number of benzene rings is 1. The van der Waals surface area contributed by atoms with Gasteiger partial charge in [0.25, 0.3) is 0 Å². The van der Waals surface area contributed by atoms with Gasteiger partial charge in [-0.15, -0.1) is 0 Å². The van der Waals surface area contributed by atoms with E-state index in [9.17, 15) is 27.6 Å². The molecule has 0 saturated carbocycles. The SMILES string of the molecule is N#Cc1cccc(Oc2ccc3c(c2C#N)C(=O)C(F)(F)C3(F)F)n1. The Labute approximate surface area is 137 Å². The van der Waals surface area contributed by atoms with Crippen LogP contribution in [0.15, 0.2) is 30.3 Å². The van der Waals surface area contributed by atoms with Crippen molar-refractivity contribution in [2.75, 3.05) is 0 Å². The second kappa shape index (κ2) is 5.28. The van der Waals surface area contributed by atoms with Gasteiger partial charge >= 0.3 is 11.8 Å². The summed E-state index contributed by atoms with van der Waals surface area (Å²) in [6.07, 6.45) is 0. The average molecular weight is 347 g/mol. The van der Waals surface area contributed by atoms with Gasteiger partial charge in [0, 0.05) is 11.6 Å². The van der Waals surface area contributed by atoms with E-state index in [1.54, 1.807) is 6.07 Å². The molecule has 9 heteroatoms. The summed E-state index contributed by atoms with van der Waals surface area (Å²) in [5, 5.41) is 17.9. The first-order chi connectivity index (χ1) is 11.7. The summed E-state index contributed by atoms with van der Waals surface area (Å²) in [5.74, 6) is -12.4. The molecule has 1 heterocycles. The van der Waals surface area contributed by atoms with Crippen molar-refractivity contribution in [3.8, 4) is 23.8 Å². The normalized spacial score (nSPS) is 16.6. The number of hydrogen-bond acceptors (Lipinski definition) is 5. The third-order valence-corrected chi connectivity index (χ3v) is 3.58. The van der Waals surface area contributed by atoms with Crippen molar-refractivity contribution in [1.82, 2.24) is 4.98 Å². The molecule has 0 bridgehead atoms. The van der Waals surface area contributed by atoms with Crippen LogP contribution in [0.4, 0.5) is 17.6 Å². The minimum atomic E-state index is -4.95. The van der Waals surface area contributed by atoms with Gasteiger partial charge < -0.3 is 4.74 Å². The number of pyridine rings is 1. The number of aromatic nitrogens is 1. The fourth-order valence-corrected chi connectivity index (χ4v) is 2.39. The van der Waals surface area contributed by atoms with Gasteiger partial charge in [-0.2, -0.15) is 28.1 Å². The van der Waals surface area contributed by atoms with Crippen LogP contribution < -0.4 is 4.74 Å². The number of Topliss-reactive ketones (excluding diaryl/α,β-unsaturated/α-hetero) is 1. The summed E-state index contributed by atoms with van der Waals surface area (Å²) in [6, 6.07) is 8.76. The lowest BCUT2D eigenvalue weighted by atomic mass is 10.0. The number of rotatable bonds is 2. The average Bonchev–Trinajstić information content (AvgIpc) is 2.72. The number of nitriles is 2. The Morgan fingerprint density at radius 1 is 1.00 bits per heavy atom. The first-order valence-corrected chi connectivity index (χ1v) is 6.67. The molecule has 1 aromatic carbocycles.